The van der Waals surface area contributed by atoms with Crippen molar-refractivity contribution in [2.75, 3.05) is 62.7 Å². The van der Waals surface area contributed by atoms with E-state index in [9.17, 15) is 9.59 Å². The third-order valence-corrected chi connectivity index (χ3v) is 10.7. The van der Waals surface area contributed by atoms with E-state index < -0.39 is 11.2 Å². The Bertz CT molecular complexity index is 1670. The molecular formula is C46H76Cl2N6O6. The van der Waals surface area contributed by atoms with Crippen LogP contribution in [0, 0.1) is 10.8 Å². The molecule has 2 aromatic heterocycles. The van der Waals surface area contributed by atoms with Crippen molar-refractivity contribution in [1.29, 1.82) is 0 Å². The molecule has 12 nitrogen and oxygen atoms in total. The highest BCUT2D eigenvalue weighted by atomic mass is 35.5. The minimum Gasteiger partial charge on any atom is -0.444 e. The van der Waals surface area contributed by atoms with E-state index in [1.165, 1.54) is 24.1 Å². The van der Waals surface area contributed by atoms with Gasteiger partial charge in [-0.25, -0.2) is 19.6 Å². The van der Waals surface area contributed by atoms with Crippen LogP contribution >= 0.6 is 24.8 Å². The van der Waals surface area contributed by atoms with Crippen molar-refractivity contribution in [2.24, 2.45) is 10.8 Å². The highest BCUT2D eigenvalue weighted by Crippen LogP contribution is 2.36. The van der Waals surface area contributed by atoms with Crippen molar-refractivity contribution in [3.8, 4) is 0 Å². The molecule has 0 bridgehead atoms. The summed E-state index contributed by atoms with van der Waals surface area (Å²) >= 11 is 0. The van der Waals surface area contributed by atoms with Gasteiger partial charge in [-0.3, -0.25) is 4.90 Å². The van der Waals surface area contributed by atoms with Crippen molar-refractivity contribution in [3.63, 3.8) is 0 Å². The van der Waals surface area contributed by atoms with E-state index in [1.807, 2.05) is 41.5 Å². The molecule has 0 unspecified atom stereocenters. The number of carbonyl (C=O) groups is 2. The average Bonchev–Trinajstić information content (AvgIpc) is 3.07. The van der Waals surface area contributed by atoms with Crippen molar-refractivity contribution < 1.29 is 28.5 Å². The molecule has 0 aliphatic carbocycles. The van der Waals surface area contributed by atoms with Gasteiger partial charge in [0.1, 0.15) is 22.8 Å². The first-order valence-electron chi connectivity index (χ1n) is 21.9. The molecule has 0 radical (unpaired) electrons. The molecule has 6 rings (SSSR count). The van der Waals surface area contributed by atoms with Gasteiger partial charge in [-0.1, -0.05) is 52.7 Å². The summed E-state index contributed by atoms with van der Waals surface area (Å²) < 4.78 is 22.7. The van der Waals surface area contributed by atoms with Crippen LogP contribution in [0.1, 0.15) is 130 Å². The van der Waals surface area contributed by atoms with Crippen LogP contribution in [0.2, 0.25) is 0 Å². The standard InChI is InChI=1S/C28H45N3O5.C18H29N3O.2ClH/c1-26(2,3)35-24(32)30-17-22(18-30)34-15-11-9-10-12-21-14-13-20-16-28(7,8)19-31(23(20)29-21)25(33)36-27(4,5)6;1-18(2)10-14-7-8-15(21-17(14)20-13-18)6-4-3-5-9-22-16-11-19-12-16;;/h13-14,22H,9-12,15-19H2,1-8H3;7-8,16,19H,3-6,9-13H2,1-2H3,(H,20,21);2*1H. The highest BCUT2D eigenvalue weighted by Gasteiger charge is 2.37. The Labute approximate surface area is 373 Å². The average molecular weight is 880 g/mol. The first kappa shape index (κ1) is 51.5. The van der Waals surface area contributed by atoms with Gasteiger partial charge in [0.05, 0.1) is 25.3 Å². The third kappa shape index (κ3) is 16.8. The Morgan fingerprint density at radius 1 is 0.700 bits per heavy atom. The topological polar surface area (TPSA) is 127 Å². The lowest BCUT2D eigenvalue weighted by Crippen LogP contribution is -2.55. The van der Waals surface area contributed by atoms with Crippen molar-refractivity contribution >= 4 is 48.6 Å². The van der Waals surface area contributed by atoms with Gasteiger partial charge in [0.2, 0.25) is 0 Å². The molecule has 0 atom stereocenters. The molecule has 2 amide bonds. The Balaban J connectivity index is 0.000000343. The van der Waals surface area contributed by atoms with Gasteiger partial charge in [0.25, 0.3) is 0 Å². The number of ether oxygens (including phenoxy) is 4. The maximum absolute atomic E-state index is 12.9. The summed E-state index contributed by atoms with van der Waals surface area (Å²) in [6.45, 7) is 26.7. The maximum atomic E-state index is 12.9. The number of aromatic nitrogens is 2. The number of aryl methyl sites for hydroxylation is 2. The summed E-state index contributed by atoms with van der Waals surface area (Å²) in [6, 6.07) is 8.67. The van der Waals surface area contributed by atoms with E-state index in [0.29, 0.717) is 37.8 Å². The number of nitrogens with one attached hydrogen (secondary N) is 2. The molecular weight excluding hydrogens is 803 g/mol. The first-order chi connectivity index (χ1) is 27.2. The molecule has 4 aliphatic rings. The number of likely N-dealkylation sites (tertiary alicyclic amines) is 1. The fourth-order valence-electron chi connectivity index (χ4n) is 7.50. The van der Waals surface area contributed by atoms with Gasteiger partial charge in [-0.15, -0.1) is 24.8 Å². The molecule has 2 aromatic rings. The predicted molar refractivity (Wildman–Crippen MR) is 245 cm³/mol. The van der Waals surface area contributed by atoms with E-state index in [2.05, 4.69) is 62.6 Å². The number of hydrogen-bond acceptors (Lipinski definition) is 10. The smallest absolute Gasteiger partial charge is 0.416 e. The number of rotatable bonds is 14. The zero-order chi connectivity index (χ0) is 42.1. The number of hydrogen-bond donors (Lipinski definition) is 2. The summed E-state index contributed by atoms with van der Waals surface area (Å²) in [5.74, 6) is 1.85. The Hall–Kier alpha value is -2.90. The molecule has 0 aromatic carbocycles. The van der Waals surface area contributed by atoms with E-state index in [-0.39, 0.29) is 48.5 Å². The van der Waals surface area contributed by atoms with Crippen molar-refractivity contribution in [1.82, 2.24) is 20.2 Å². The van der Waals surface area contributed by atoms with Gasteiger partial charge in [-0.05, 0) is 127 Å². The number of fused-ring (bicyclic) bond motifs is 2. The van der Waals surface area contributed by atoms with Gasteiger partial charge in [-0.2, -0.15) is 0 Å². The van der Waals surface area contributed by atoms with E-state index in [0.717, 1.165) is 101 Å². The summed E-state index contributed by atoms with van der Waals surface area (Å²) in [7, 11) is 0. The van der Waals surface area contributed by atoms with Crippen LogP contribution < -0.4 is 15.5 Å². The van der Waals surface area contributed by atoms with Crippen molar-refractivity contribution in [2.45, 2.75) is 157 Å². The van der Waals surface area contributed by atoms with Gasteiger partial charge >= 0.3 is 12.2 Å². The number of unbranched alkanes of at least 4 members (excludes halogenated alkanes) is 4. The lowest BCUT2D eigenvalue weighted by molar-refractivity contribution is -0.0637. The van der Waals surface area contributed by atoms with Crippen LogP contribution in [0.3, 0.4) is 0 Å². The summed E-state index contributed by atoms with van der Waals surface area (Å²) in [4.78, 5) is 38.0. The van der Waals surface area contributed by atoms with Crippen LogP contribution in [-0.4, -0.2) is 103 Å². The summed E-state index contributed by atoms with van der Waals surface area (Å²) in [6.07, 6.45) is 10.5. The summed E-state index contributed by atoms with van der Waals surface area (Å²) in [5.41, 5.74) is 3.96. The molecule has 2 N–H and O–H groups in total. The van der Waals surface area contributed by atoms with Crippen LogP contribution in [0.5, 0.6) is 0 Å². The minimum atomic E-state index is -0.550. The molecule has 60 heavy (non-hydrogen) atoms. The molecule has 6 heterocycles. The Morgan fingerprint density at radius 3 is 1.80 bits per heavy atom. The molecule has 340 valence electrons. The fraction of sp³-hybridized carbons (Fsp3) is 0.739. The Morgan fingerprint density at radius 2 is 1.23 bits per heavy atom. The lowest BCUT2D eigenvalue weighted by Gasteiger charge is -2.39. The van der Waals surface area contributed by atoms with Gasteiger partial charge < -0.3 is 34.5 Å². The fourth-order valence-corrected chi connectivity index (χ4v) is 7.50. The summed E-state index contributed by atoms with van der Waals surface area (Å²) in [5, 5.41) is 6.72. The SMILES string of the molecule is CC1(C)CNc2nc(CCCCCOC3CNC3)ccc2C1.CC1(C)Cc2ccc(CCCCCOC3CN(C(=O)OC(C)(C)C)C3)nc2N(C(=O)OC(C)(C)C)C1.Cl.Cl. The number of carbonyl (C=O) groups excluding carboxylic acids is 2. The van der Waals surface area contributed by atoms with Crippen molar-refractivity contribution in [3.05, 3.63) is 46.8 Å². The number of halogens is 2. The molecule has 2 saturated heterocycles. The van der Waals surface area contributed by atoms with E-state index in [1.54, 1.807) is 9.80 Å². The second kappa shape index (κ2) is 22.5. The third-order valence-electron chi connectivity index (χ3n) is 10.7. The number of anilines is 2. The van der Waals surface area contributed by atoms with Crippen LogP contribution in [-0.2, 0) is 44.6 Å². The van der Waals surface area contributed by atoms with Gasteiger partial charge in [0, 0.05) is 50.8 Å². The Kier molecular flexibility index (Phi) is 19.3. The molecule has 14 heteroatoms. The number of amides is 2. The second-order valence-corrected chi connectivity index (χ2v) is 20.3. The normalized spacial score (nSPS) is 18.1. The highest BCUT2D eigenvalue weighted by molar-refractivity contribution is 5.88. The van der Waals surface area contributed by atoms with E-state index >= 15 is 0 Å². The second-order valence-electron chi connectivity index (χ2n) is 20.3. The molecule has 0 spiro atoms. The lowest BCUT2D eigenvalue weighted by atomic mass is 9.82. The van der Waals surface area contributed by atoms with Gasteiger partial charge in [0.15, 0.2) is 0 Å². The van der Waals surface area contributed by atoms with Crippen LogP contribution in [0.25, 0.3) is 0 Å². The van der Waals surface area contributed by atoms with Crippen LogP contribution in [0.4, 0.5) is 21.2 Å². The first-order valence-corrected chi connectivity index (χ1v) is 21.9. The minimum absolute atomic E-state index is 0. The zero-order valence-electron chi connectivity index (χ0n) is 38.2. The molecule has 2 fully saturated rings. The number of nitrogens with zero attached hydrogens (tertiary/aromatic N) is 4. The quantitative estimate of drug-likeness (QED) is 0.177. The number of pyridine rings is 2. The zero-order valence-corrected chi connectivity index (χ0v) is 39.9. The molecule has 4 aliphatic heterocycles. The van der Waals surface area contributed by atoms with E-state index in [4.69, 9.17) is 28.9 Å². The largest absolute Gasteiger partial charge is 0.444 e. The monoisotopic (exact) mass is 879 g/mol. The van der Waals surface area contributed by atoms with Crippen LogP contribution in [0.15, 0.2) is 24.3 Å². The maximum Gasteiger partial charge on any atom is 0.416 e. The molecule has 0 saturated carbocycles. The predicted octanol–water partition coefficient (Wildman–Crippen LogP) is 9.37.